The number of rotatable bonds is 4. The lowest BCUT2D eigenvalue weighted by atomic mass is 10.2. The molecule has 3 rings (SSSR count). The molecule has 120 valence electrons. The Balaban J connectivity index is 1.57. The van der Waals surface area contributed by atoms with Crippen molar-refractivity contribution in [1.29, 1.82) is 0 Å². The van der Waals surface area contributed by atoms with Crippen molar-refractivity contribution in [2.45, 2.75) is 32.3 Å². The zero-order valence-electron chi connectivity index (χ0n) is 13.2. The van der Waals surface area contributed by atoms with Crippen molar-refractivity contribution in [2.75, 3.05) is 33.3 Å². The number of carbonyl (C=O) groups excluding carboxylic acids is 1. The lowest BCUT2D eigenvalue weighted by molar-refractivity contribution is -0.131. The number of aryl methyl sites for hydroxylation is 1. The van der Waals surface area contributed by atoms with Gasteiger partial charge in [0.25, 0.3) is 0 Å². The van der Waals surface area contributed by atoms with E-state index >= 15 is 0 Å². The molecule has 1 saturated heterocycles. The maximum atomic E-state index is 12.4. The number of amides is 1. The van der Waals surface area contributed by atoms with Crippen molar-refractivity contribution in [1.82, 2.24) is 14.8 Å². The highest BCUT2D eigenvalue weighted by molar-refractivity contribution is 7.09. The van der Waals surface area contributed by atoms with Gasteiger partial charge in [0.15, 0.2) is 0 Å². The van der Waals surface area contributed by atoms with Gasteiger partial charge in [0.2, 0.25) is 5.91 Å². The van der Waals surface area contributed by atoms with E-state index in [9.17, 15) is 4.79 Å². The molecule has 0 saturated carbocycles. The van der Waals surface area contributed by atoms with E-state index in [1.54, 1.807) is 11.3 Å². The fourth-order valence-corrected chi connectivity index (χ4v) is 3.77. The van der Waals surface area contributed by atoms with Crippen LogP contribution in [0.25, 0.3) is 0 Å². The topological polar surface area (TPSA) is 45.7 Å². The summed E-state index contributed by atoms with van der Waals surface area (Å²) in [7, 11) is 1.89. The van der Waals surface area contributed by atoms with Crippen LogP contribution in [0.5, 0.6) is 0 Å². The number of morpholine rings is 1. The van der Waals surface area contributed by atoms with Crippen molar-refractivity contribution in [3.05, 3.63) is 27.9 Å². The lowest BCUT2D eigenvalue weighted by Gasteiger charge is -2.32. The molecular weight excluding hydrogens is 298 g/mol. The minimum atomic E-state index is -0.00347. The van der Waals surface area contributed by atoms with Gasteiger partial charge in [-0.3, -0.25) is 9.69 Å². The van der Waals surface area contributed by atoms with Crippen molar-refractivity contribution in [3.63, 3.8) is 0 Å². The van der Waals surface area contributed by atoms with E-state index in [4.69, 9.17) is 4.74 Å². The van der Waals surface area contributed by atoms with Gasteiger partial charge in [-0.05, 0) is 26.2 Å². The quantitative estimate of drug-likeness (QED) is 0.854. The number of ether oxygens (including phenoxy) is 1. The number of hydrogen-bond donors (Lipinski definition) is 0. The largest absolute Gasteiger partial charge is 0.368 e. The average molecular weight is 321 g/mol. The average Bonchev–Trinajstić information content (AvgIpc) is 3.18. The van der Waals surface area contributed by atoms with E-state index in [1.165, 1.54) is 5.70 Å². The molecule has 0 radical (unpaired) electrons. The van der Waals surface area contributed by atoms with Gasteiger partial charge >= 0.3 is 0 Å². The molecule has 2 heterocycles. The molecule has 1 atom stereocenters. The van der Waals surface area contributed by atoms with Crippen molar-refractivity contribution in [3.8, 4) is 0 Å². The Hall–Kier alpha value is -1.24. The Kier molecular flexibility index (Phi) is 4.90. The molecule has 2 aliphatic rings. The van der Waals surface area contributed by atoms with Crippen LogP contribution in [-0.4, -0.2) is 54.0 Å². The smallest absolute Gasteiger partial charge is 0.240 e. The highest BCUT2D eigenvalue weighted by Gasteiger charge is 2.27. The molecule has 1 aromatic rings. The van der Waals surface area contributed by atoms with Crippen LogP contribution >= 0.6 is 11.3 Å². The fraction of sp³-hybridized carbons (Fsp3) is 0.625. The Morgan fingerprint density at radius 2 is 2.45 bits per heavy atom. The molecular formula is C16H23N3O2S. The molecule has 1 unspecified atom stereocenters. The molecule has 0 spiro atoms. The van der Waals surface area contributed by atoms with Crippen LogP contribution < -0.4 is 0 Å². The maximum Gasteiger partial charge on any atom is 0.240 e. The predicted octanol–water partition coefficient (Wildman–Crippen LogP) is 2.35. The predicted molar refractivity (Wildman–Crippen MR) is 86.7 cm³/mol. The first-order chi connectivity index (χ1) is 10.6. The molecule has 1 fully saturated rings. The van der Waals surface area contributed by atoms with Crippen LogP contribution in [0.4, 0.5) is 0 Å². The van der Waals surface area contributed by atoms with Crippen LogP contribution in [0.2, 0.25) is 0 Å². The third-order valence-corrected chi connectivity index (χ3v) is 5.30. The van der Waals surface area contributed by atoms with Gasteiger partial charge in [-0.15, -0.1) is 11.3 Å². The molecule has 22 heavy (non-hydrogen) atoms. The molecule has 5 nitrogen and oxygen atoms in total. The molecule has 0 aromatic carbocycles. The summed E-state index contributed by atoms with van der Waals surface area (Å²) in [4.78, 5) is 20.9. The van der Waals surface area contributed by atoms with Crippen LogP contribution in [-0.2, 0) is 9.53 Å². The Labute approximate surface area is 135 Å². The lowest BCUT2D eigenvalue weighted by Crippen LogP contribution is -2.44. The first-order valence-electron chi connectivity index (χ1n) is 7.85. The summed E-state index contributed by atoms with van der Waals surface area (Å²) in [6, 6.07) is 0. The molecule has 0 bridgehead atoms. The molecule has 0 N–H and O–H groups in total. The molecule has 1 amide bonds. The Morgan fingerprint density at radius 1 is 1.59 bits per heavy atom. The number of carbonyl (C=O) groups is 1. The van der Waals surface area contributed by atoms with E-state index < -0.39 is 0 Å². The Morgan fingerprint density at radius 3 is 3.14 bits per heavy atom. The molecule has 1 aliphatic carbocycles. The Bertz CT molecular complexity index is 569. The highest BCUT2D eigenvalue weighted by atomic mass is 32.1. The molecule has 1 aromatic heterocycles. The van der Waals surface area contributed by atoms with E-state index in [0.29, 0.717) is 13.2 Å². The number of nitrogens with zero attached hydrogens (tertiary/aromatic N) is 3. The van der Waals surface area contributed by atoms with Crippen molar-refractivity contribution in [2.24, 2.45) is 0 Å². The minimum absolute atomic E-state index is 0.00347. The number of allylic oxidation sites excluding steroid dienone is 2. The van der Waals surface area contributed by atoms with E-state index in [2.05, 4.69) is 16.0 Å². The van der Waals surface area contributed by atoms with Crippen LogP contribution in [0, 0.1) is 6.92 Å². The van der Waals surface area contributed by atoms with E-state index in [1.807, 2.05) is 24.3 Å². The fourth-order valence-electron chi connectivity index (χ4n) is 2.93. The summed E-state index contributed by atoms with van der Waals surface area (Å²) in [6.45, 7) is 4.65. The summed E-state index contributed by atoms with van der Waals surface area (Å²) in [5, 5.41) is 3.06. The van der Waals surface area contributed by atoms with E-state index in [-0.39, 0.29) is 12.0 Å². The van der Waals surface area contributed by atoms with Crippen LogP contribution in [0.3, 0.4) is 0 Å². The third-order valence-electron chi connectivity index (χ3n) is 4.24. The van der Waals surface area contributed by atoms with Gasteiger partial charge in [0, 0.05) is 36.9 Å². The number of thiazole rings is 1. The zero-order valence-corrected chi connectivity index (χ0v) is 14.1. The second-order valence-corrected chi connectivity index (χ2v) is 6.85. The second kappa shape index (κ2) is 6.89. The number of likely N-dealkylation sites (N-methyl/N-ethyl adjacent to an activating group) is 1. The minimum Gasteiger partial charge on any atom is -0.368 e. The first kappa shape index (κ1) is 15.6. The summed E-state index contributed by atoms with van der Waals surface area (Å²) in [5.41, 5.74) is 2.20. The van der Waals surface area contributed by atoms with Gasteiger partial charge in [-0.1, -0.05) is 6.08 Å². The molecule has 6 heteroatoms. The van der Waals surface area contributed by atoms with Crippen molar-refractivity contribution < 1.29 is 9.53 Å². The number of aromatic nitrogens is 1. The van der Waals surface area contributed by atoms with Gasteiger partial charge in [0.05, 0.1) is 13.2 Å². The first-order valence-corrected chi connectivity index (χ1v) is 8.73. The van der Waals surface area contributed by atoms with Crippen LogP contribution in [0.1, 0.15) is 36.1 Å². The standard InChI is InChI=1S/C16H23N3O2S/c1-12-11-22-16(17-12)14-9-19(7-8-21-14)10-15(20)18(2)13-5-3-4-6-13/h5,11,14H,3-4,6-10H2,1-2H3. The van der Waals surface area contributed by atoms with Gasteiger partial charge < -0.3 is 9.64 Å². The summed E-state index contributed by atoms with van der Waals surface area (Å²) in [5.74, 6) is 0.170. The SMILES string of the molecule is Cc1csc(C2CN(CC(=O)N(C)C3=CCCC3)CCO2)n1. The van der Waals surface area contributed by atoms with Gasteiger partial charge in [-0.2, -0.15) is 0 Å². The van der Waals surface area contributed by atoms with Crippen LogP contribution in [0.15, 0.2) is 17.2 Å². The highest BCUT2D eigenvalue weighted by Crippen LogP contribution is 2.25. The summed E-state index contributed by atoms with van der Waals surface area (Å²) >= 11 is 1.64. The van der Waals surface area contributed by atoms with Gasteiger partial charge in [0.1, 0.15) is 11.1 Å². The third kappa shape index (κ3) is 3.56. The van der Waals surface area contributed by atoms with Crippen molar-refractivity contribution >= 4 is 17.2 Å². The summed E-state index contributed by atoms with van der Waals surface area (Å²) < 4.78 is 5.82. The molecule has 1 aliphatic heterocycles. The maximum absolute atomic E-state index is 12.4. The zero-order chi connectivity index (χ0) is 15.5. The monoisotopic (exact) mass is 321 g/mol. The van der Waals surface area contributed by atoms with Gasteiger partial charge in [-0.25, -0.2) is 4.98 Å². The second-order valence-electron chi connectivity index (χ2n) is 5.96. The number of hydrogen-bond acceptors (Lipinski definition) is 5. The normalized spacial score (nSPS) is 22.6. The summed E-state index contributed by atoms with van der Waals surface area (Å²) in [6.07, 6.45) is 5.45. The van der Waals surface area contributed by atoms with E-state index in [0.717, 1.165) is 43.1 Å².